The average molecular weight is 234 g/mol. The number of Topliss-reactive ketones (excluding diaryl/α,β-unsaturated/α-hetero) is 1. The van der Waals surface area contributed by atoms with Crippen molar-refractivity contribution in [3.63, 3.8) is 0 Å². The van der Waals surface area contributed by atoms with Crippen LogP contribution in [0.15, 0.2) is 12.3 Å². The standard InChI is InChI=1S/C14H22N2O/c1-11(12(2)17)10-13-8-9-16(15-13)14-6-4-3-5-7-14/h8-9,11,14H,3-7,10H2,1-2H3. The van der Waals surface area contributed by atoms with Crippen LogP contribution in [0.4, 0.5) is 0 Å². The van der Waals surface area contributed by atoms with Crippen molar-refractivity contribution in [2.45, 2.75) is 58.4 Å². The van der Waals surface area contributed by atoms with Gasteiger partial charge in [0, 0.05) is 18.5 Å². The van der Waals surface area contributed by atoms with E-state index >= 15 is 0 Å². The van der Waals surface area contributed by atoms with Gasteiger partial charge in [-0.25, -0.2) is 0 Å². The molecule has 1 atom stereocenters. The smallest absolute Gasteiger partial charge is 0.133 e. The number of carbonyl (C=O) groups is 1. The molecule has 1 aromatic rings. The van der Waals surface area contributed by atoms with Gasteiger partial charge in [0.15, 0.2) is 0 Å². The van der Waals surface area contributed by atoms with Crippen molar-refractivity contribution in [2.75, 3.05) is 0 Å². The lowest BCUT2D eigenvalue weighted by molar-refractivity contribution is -0.120. The Morgan fingerprint density at radius 3 is 2.82 bits per heavy atom. The van der Waals surface area contributed by atoms with Crippen molar-refractivity contribution < 1.29 is 4.79 Å². The zero-order valence-electron chi connectivity index (χ0n) is 10.9. The van der Waals surface area contributed by atoms with E-state index in [1.165, 1.54) is 32.1 Å². The molecule has 0 aliphatic heterocycles. The topological polar surface area (TPSA) is 34.9 Å². The summed E-state index contributed by atoms with van der Waals surface area (Å²) in [5, 5.41) is 4.62. The number of carbonyl (C=O) groups excluding carboxylic acids is 1. The Morgan fingerprint density at radius 2 is 2.18 bits per heavy atom. The Kier molecular flexibility index (Phi) is 3.97. The third-order valence-electron chi connectivity index (χ3n) is 3.82. The van der Waals surface area contributed by atoms with Crippen LogP contribution in [0.25, 0.3) is 0 Å². The number of hydrogen-bond acceptors (Lipinski definition) is 2. The van der Waals surface area contributed by atoms with Crippen LogP contribution in [0.1, 0.15) is 57.7 Å². The SMILES string of the molecule is CC(=O)C(C)Cc1ccn(C2CCCCC2)n1. The zero-order chi connectivity index (χ0) is 12.3. The molecule has 3 heteroatoms. The number of hydrogen-bond donors (Lipinski definition) is 0. The Hall–Kier alpha value is -1.12. The first-order valence-electron chi connectivity index (χ1n) is 6.71. The van der Waals surface area contributed by atoms with Crippen LogP contribution < -0.4 is 0 Å². The predicted molar refractivity (Wildman–Crippen MR) is 67.9 cm³/mol. The van der Waals surface area contributed by atoms with Gasteiger partial charge in [-0.2, -0.15) is 5.10 Å². The second-order valence-corrected chi connectivity index (χ2v) is 5.29. The van der Waals surface area contributed by atoms with E-state index in [1.807, 2.05) is 6.92 Å². The van der Waals surface area contributed by atoms with Crippen molar-refractivity contribution >= 4 is 5.78 Å². The molecule has 1 unspecified atom stereocenters. The third-order valence-corrected chi connectivity index (χ3v) is 3.82. The van der Waals surface area contributed by atoms with Crippen molar-refractivity contribution in [2.24, 2.45) is 5.92 Å². The summed E-state index contributed by atoms with van der Waals surface area (Å²) in [4.78, 5) is 11.2. The Labute approximate surface area is 103 Å². The van der Waals surface area contributed by atoms with Crippen molar-refractivity contribution in [1.82, 2.24) is 9.78 Å². The van der Waals surface area contributed by atoms with Crippen molar-refractivity contribution in [1.29, 1.82) is 0 Å². The molecular formula is C14H22N2O. The van der Waals surface area contributed by atoms with Gasteiger partial charge in [0.05, 0.1) is 11.7 Å². The summed E-state index contributed by atoms with van der Waals surface area (Å²) >= 11 is 0. The highest BCUT2D eigenvalue weighted by atomic mass is 16.1. The van der Waals surface area contributed by atoms with Gasteiger partial charge >= 0.3 is 0 Å². The lowest BCUT2D eigenvalue weighted by Crippen LogP contribution is -2.14. The molecule has 0 aromatic carbocycles. The van der Waals surface area contributed by atoms with Gasteiger partial charge in [0.25, 0.3) is 0 Å². The minimum absolute atomic E-state index is 0.0877. The van der Waals surface area contributed by atoms with Gasteiger partial charge < -0.3 is 0 Å². The monoisotopic (exact) mass is 234 g/mol. The van der Waals surface area contributed by atoms with E-state index in [9.17, 15) is 4.79 Å². The first-order chi connectivity index (χ1) is 8.16. The number of nitrogens with zero attached hydrogens (tertiary/aromatic N) is 2. The van der Waals surface area contributed by atoms with E-state index in [1.54, 1.807) is 6.92 Å². The minimum atomic E-state index is 0.0877. The van der Waals surface area contributed by atoms with Crippen molar-refractivity contribution in [3.05, 3.63) is 18.0 Å². The van der Waals surface area contributed by atoms with Crippen LogP contribution in [0.3, 0.4) is 0 Å². The van der Waals surface area contributed by atoms with E-state index in [0.29, 0.717) is 6.04 Å². The van der Waals surface area contributed by atoms with E-state index in [0.717, 1.165) is 12.1 Å². The number of rotatable bonds is 4. The van der Waals surface area contributed by atoms with Gasteiger partial charge in [-0.1, -0.05) is 26.2 Å². The first kappa shape index (κ1) is 12.3. The second kappa shape index (κ2) is 5.48. The largest absolute Gasteiger partial charge is 0.300 e. The Balaban J connectivity index is 1.97. The van der Waals surface area contributed by atoms with Crippen LogP contribution in [-0.4, -0.2) is 15.6 Å². The highest BCUT2D eigenvalue weighted by Crippen LogP contribution is 2.27. The van der Waals surface area contributed by atoms with Crippen LogP contribution in [0.5, 0.6) is 0 Å². The van der Waals surface area contributed by atoms with E-state index in [4.69, 9.17) is 0 Å². The highest BCUT2D eigenvalue weighted by Gasteiger charge is 2.17. The minimum Gasteiger partial charge on any atom is -0.300 e. The maximum absolute atomic E-state index is 11.2. The molecule has 0 amide bonds. The first-order valence-corrected chi connectivity index (χ1v) is 6.71. The molecule has 17 heavy (non-hydrogen) atoms. The Bertz CT molecular complexity index is 377. The molecule has 1 saturated carbocycles. The molecule has 1 aromatic heterocycles. The fourth-order valence-corrected chi connectivity index (χ4v) is 2.49. The molecule has 0 bridgehead atoms. The lowest BCUT2D eigenvalue weighted by Gasteiger charge is -2.21. The number of aromatic nitrogens is 2. The normalized spacial score (nSPS) is 19.2. The van der Waals surface area contributed by atoms with Gasteiger partial charge in [0.2, 0.25) is 0 Å². The van der Waals surface area contributed by atoms with Gasteiger partial charge in [0.1, 0.15) is 5.78 Å². The van der Waals surface area contributed by atoms with Gasteiger partial charge in [-0.3, -0.25) is 9.48 Å². The van der Waals surface area contributed by atoms with Crippen molar-refractivity contribution in [3.8, 4) is 0 Å². The molecule has 94 valence electrons. The van der Waals surface area contributed by atoms with Crippen LogP contribution in [-0.2, 0) is 11.2 Å². The maximum atomic E-state index is 11.2. The molecule has 1 fully saturated rings. The molecule has 1 aliphatic rings. The molecule has 1 aliphatic carbocycles. The molecule has 0 N–H and O–H groups in total. The van der Waals surface area contributed by atoms with Crippen LogP contribution in [0.2, 0.25) is 0 Å². The highest BCUT2D eigenvalue weighted by molar-refractivity contribution is 5.78. The molecular weight excluding hydrogens is 212 g/mol. The summed E-state index contributed by atoms with van der Waals surface area (Å²) in [7, 11) is 0. The predicted octanol–water partition coefficient (Wildman–Crippen LogP) is 3.16. The number of ketones is 1. The maximum Gasteiger partial charge on any atom is 0.133 e. The molecule has 2 rings (SSSR count). The van der Waals surface area contributed by atoms with Gasteiger partial charge in [-0.15, -0.1) is 0 Å². The quantitative estimate of drug-likeness (QED) is 0.802. The molecule has 0 saturated heterocycles. The summed E-state index contributed by atoms with van der Waals surface area (Å²) < 4.78 is 2.11. The van der Waals surface area contributed by atoms with Crippen LogP contribution >= 0.6 is 0 Å². The summed E-state index contributed by atoms with van der Waals surface area (Å²) in [6.07, 6.45) is 9.37. The van der Waals surface area contributed by atoms with Crippen LogP contribution in [0, 0.1) is 5.92 Å². The summed E-state index contributed by atoms with van der Waals surface area (Å²) in [5.41, 5.74) is 1.05. The molecule has 0 radical (unpaired) electrons. The van der Waals surface area contributed by atoms with Gasteiger partial charge in [-0.05, 0) is 25.8 Å². The average Bonchev–Trinajstić information content (AvgIpc) is 2.78. The lowest BCUT2D eigenvalue weighted by atomic mass is 9.96. The fraction of sp³-hybridized carbons (Fsp3) is 0.714. The summed E-state index contributed by atoms with van der Waals surface area (Å²) in [6, 6.07) is 2.65. The Morgan fingerprint density at radius 1 is 1.47 bits per heavy atom. The molecule has 3 nitrogen and oxygen atoms in total. The fourth-order valence-electron chi connectivity index (χ4n) is 2.49. The summed E-state index contributed by atoms with van der Waals surface area (Å²) in [5.74, 6) is 0.335. The van der Waals surface area contributed by atoms with E-state index in [-0.39, 0.29) is 11.7 Å². The molecule has 0 spiro atoms. The van der Waals surface area contributed by atoms with E-state index in [2.05, 4.69) is 22.0 Å². The van der Waals surface area contributed by atoms with E-state index < -0.39 is 0 Å². The second-order valence-electron chi connectivity index (χ2n) is 5.29. The third kappa shape index (κ3) is 3.18. The zero-order valence-corrected chi connectivity index (χ0v) is 10.9. The molecule has 1 heterocycles. The summed E-state index contributed by atoms with van der Waals surface area (Å²) in [6.45, 7) is 3.63.